The van der Waals surface area contributed by atoms with E-state index in [-0.39, 0.29) is 12.5 Å². The van der Waals surface area contributed by atoms with E-state index >= 15 is 0 Å². The molecule has 0 atom stereocenters. The molecule has 0 aliphatic carbocycles. The van der Waals surface area contributed by atoms with E-state index in [1.165, 1.54) is 0 Å². The first kappa shape index (κ1) is 23.0. The molecule has 4 aromatic carbocycles. The highest BCUT2D eigenvalue weighted by Crippen LogP contribution is 2.27. The van der Waals surface area contributed by atoms with Crippen LogP contribution in [-0.2, 0) is 4.79 Å². The van der Waals surface area contributed by atoms with Gasteiger partial charge in [0.05, 0.1) is 19.4 Å². The summed E-state index contributed by atoms with van der Waals surface area (Å²) < 4.78 is 5.60. The molecule has 0 saturated carbocycles. The van der Waals surface area contributed by atoms with Gasteiger partial charge in [0.25, 0.3) is 11.8 Å². The third-order valence-corrected chi connectivity index (χ3v) is 5.49. The molecule has 4 aromatic rings. The SMILES string of the molecule is CCCCOc1ccc(C(=O)NCC(=O)NN=Cc2c3ccccc3cc3ccccc23)cc1. The molecule has 0 bridgehead atoms. The maximum Gasteiger partial charge on any atom is 0.259 e. The van der Waals surface area contributed by atoms with E-state index in [4.69, 9.17) is 4.74 Å². The van der Waals surface area contributed by atoms with E-state index in [1.54, 1.807) is 30.5 Å². The summed E-state index contributed by atoms with van der Waals surface area (Å²) in [5.41, 5.74) is 3.89. The van der Waals surface area contributed by atoms with Crippen LogP contribution in [0.1, 0.15) is 35.7 Å². The molecule has 0 fully saturated rings. The van der Waals surface area contributed by atoms with Crippen LogP contribution in [0.4, 0.5) is 0 Å². The van der Waals surface area contributed by atoms with Crippen LogP contribution >= 0.6 is 0 Å². The summed E-state index contributed by atoms with van der Waals surface area (Å²) in [7, 11) is 0. The molecule has 6 heteroatoms. The number of ether oxygens (including phenoxy) is 1. The molecule has 6 nitrogen and oxygen atoms in total. The van der Waals surface area contributed by atoms with Gasteiger partial charge >= 0.3 is 0 Å². The maximum atomic E-state index is 12.3. The molecular weight excluding hydrogens is 426 g/mol. The van der Waals surface area contributed by atoms with Crippen molar-refractivity contribution in [3.05, 3.63) is 90.0 Å². The second-order valence-corrected chi connectivity index (χ2v) is 7.93. The zero-order valence-corrected chi connectivity index (χ0v) is 19.1. The minimum absolute atomic E-state index is 0.179. The highest BCUT2D eigenvalue weighted by atomic mass is 16.5. The molecule has 0 spiro atoms. The lowest BCUT2D eigenvalue weighted by atomic mass is 9.97. The summed E-state index contributed by atoms with van der Waals surface area (Å²) in [5.74, 6) is -0.0222. The number of rotatable bonds is 9. The third kappa shape index (κ3) is 5.59. The molecular formula is C28H27N3O3. The standard InChI is InChI=1S/C28H27N3O3/c1-2-3-16-34-23-14-12-20(13-15-23)28(33)29-19-27(32)31-30-18-26-24-10-6-4-8-21(24)17-22-9-5-7-11-25(22)26/h4-15,17-18H,2-3,16,19H2,1H3,(H,29,33)(H,31,32). The van der Waals surface area contributed by atoms with Crippen molar-refractivity contribution in [1.29, 1.82) is 0 Å². The Bertz CT molecular complexity index is 1280. The minimum atomic E-state index is -0.409. The molecule has 172 valence electrons. The van der Waals surface area contributed by atoms with Gasteiger partial charge < -0.3 is 10.1 Å². The number of hydrazone groups is 1. The Kier molecular flexibility index (Phi) is 7.50. The van der Waals surface area contributed by atoms with Crippen LogP contribution in [0.2, 0.25) is 0 Å². The van der Waals surface area contributed by atoms with Crippen molar-refractivity contribution in [3.8, 4) is 5.75 Å². The molecule has 4 rings (SSSR count). The molecule has 0 aromatic heterocycles. The maximum absolute atomic E-state index is 12.3. The van der Waals surface area contributed by atoms with Gasteiger partial charge in [0.2, 0.25) is 0 Å². The van der Waals surface area contributed by atoms with Crippen molar-refractivity contribution < 1.29 is 14.3 Å². The molecule has 2 N–H and O–H groups in total. The van der Waals surface area contributed by atoms with Crippen LogP contribution in [0.15, 0.2) is 84.0 Å². The number of amides is 2. The zero-order valence-electron chi connectivity index (χ0n) is 19.1. The minimum Gasteiger partial charge on any atom is -0.494 e. The normalized spacial score (nSPS) is 11.1. The van der Waals surface area contributed by atoms with E-state index < -0.39 is 5.91 Å². The van der Waals surface area contributed by atoms with Gasteiger partial charge in [-0.15, -0.1) is 0 Å². The molecule has 2 amide bonds. The van der Waals surface area contributed by atoms with Crippen LogP contribution in [0.5, 0.6) is 5.75 Å². The van der Waals surface area contributed by atoms with Gasteiger partial charge in [0.15, 0.2) is 0 Å². The van der Waals surface area contributed by atoms with E-state index in [2.05, 4.69) is 41.0 Å². The van der Waals surface area contributed by atoms with Gasteiger partial charge in [-0.05, 0) is 58.3 Å². The van der Waals surface area contributed by atoms with Crippen molar-refractivity contribution in [2.75, 3.05) is 13.2 Å². The van der Waals surface area contributed by atoms with Crippen molar-refractivity contribution in [2.45, 2.75) is 19.8 Å². The van der Waals surface area contributed by atoms with Gasteiger partial charge in [-0.1, -0.05) is 61.9 Å². The number of carbonyl (C=O) groups is 2. The number of nitrogens with zero attached hydrogens (tertiary/aromatic N) is 1. The Morgan fingerprint density at radius 1 is 0.912 bits per heavy atom. The second-order valence-electron chi connectivity index (χ2n) is 7.93. The number of fused-ring (bicyclic) bond motifs is 2. The Labute approximate surface area is 198 Å². The molecule has 34 heavy (non-hydrogen) atoms. The van der Waals surface area contributed by atoms with Gasteiger partial charge in [-0.3, -0.25) is 9.59 Å². The largest absolute Gasteiger partial charge is 0.494 e. The number of hydrogen-bond donors (Lipinski definition) is 2. The number of benzene rings is 4. The van der Waals surface area contributed by atoms with Crippen molar-refractivity contribution in [2.24, 2.45) is 5.10 Å². The summed E-state index contributed by atoms with van der Waals surface area (Å²) in [6.45, 7) is 2.57. The fourth-order valence-electron chi connectivity index (χ4n) is 3.70. The second kappa shape index (κ2) is 11.1. The highest BCUT2D eigenvalue weighted by molar-refractivity contribution is 6.13. The summed E-state index contributed by atoms with van der Waals surface area (Å²) >= 11 is 0. The van der Waals surface area contributed by atoms with Crippen molar-refractivity contribution in [3.63, 3.8) is 0 Å². The number of unbranched alkanes of at least 4 members (excludes halogenated alkanes) is 1. The highest BCUT2D eigenvalue weighted by Gasteiger charge is 2.09. The average Bonchev–Trinajstić information content (AvgIpc) is 2.87. The molecule has 0 radical (unpaired) electrons. The van der Waals surface area contributed by atoms with Crippen LogP contribution < -0.4 is 15.5 Å². The lowest BCUT2D eigenvalue weighted by Gasteiger charge is -2.08. The van der Waals surface area contributed by atoms with Crippen molar-refractivity contribution >= 4 is 39.6 Å². The Hall–Kier alpha value is -4.19. The smallest absolute Gasteiger partial charge is 0.259 e. The van der Waals surface area contributed by atoms with Gasteiger partial charge in [0, 0.05) is 11.1 Å². The molecule has 0 aliphatic rings. The van der Waals surface area contributed by atoms with E-state index in [0.29, 0.717) is 12.2 Å². The average molecular weight is 454 g/mol. The summed E-state index contributed by atoms with van der Waals surface area (Å²) in [6, 6.07) is 25.1. The Morgan fingerprint density at radius 3 is 2.21 bits per heavy atom. The summed E-state index contributed by atoms with van der Waals surface area (Å²) in [4.78, 5) is 24.6. The van der Waals surface area contributed by atoms with E-state index in [0.717, 1.165) is 45.7 Å². The monoisotopic (exact) mass is 453 g/mol. The van der Waals surface area contributed by atoms with Crippen LogP contribution in [0.25, 0.3) is 21.5 Å². The molecule has 0 heterocycles. The fourth-order valence-corrected chi connectivity index (χ4v) is 3.70. The first-order valence-electron chi connectivity index (χ1n) is 11.4. The predicted molar refractivity (Wildman–Crippen MR) is 136 cm³/mol. The molecule has 0 aliphatic heterocycles. The van der Waals surface area contributed by atoms with Gasteiger partial charge in [-0.2, -0.15) is 5.10 Å². The lowest BCUT2D eigenvalue weighted by molar-refractivity contribution is -0.120. The fraction of sp³-hybridized carbons (Fsp3) is 0.179. The Balaban J connectivity index is 1.36. The summed E-state index contributed by atoms with van der Waals surface area (Å²) in [6.07, 6.45) is 3.70. The zero-order chi connectivity index (χ0) is 23.8. The first-order chi connectivity index (χ1) is 16.7. The van der Waals surface area contributed by atoms with Gasteiger partial charge in [-0.25, -0.2) is 5.43 Å². The van der Waals surface area contributed by atoms with Gasteiger partial charge in [0.1, 0.15) is 5.75 Å². The quantitative estimate of drug-likeness (QED) is 0.161. The van der Waals surface area contributed by atoms with Crippen LogP contribution in [-0.4, -0.2) is 31.2 Å². The van der Waals surface area contributed by atoms with Crippen LogP contribution in [0, 0.1) is 0 Å². The molecule has 0 saturated heterocycles. The number of nitrogens with one attached hydrogen (secondary N) is 2. The molecule has 0 unspecified atom stereocenters. The van der Waals surface area contributed by atoms with E-state index in [1.807, 2.05) is 36.4 Å². The van der Waals surface area contributed by atoms with Crippen LogP contribution in [0.3, 0.4) is 0 Å². The van der Waals surface area contributed by atoms with E-state index in [9.17, 15) is 9.59 Å². The number of hydrogen-bond acceptors (Lipinski definition) is 4. The Morgan fingerprint density at radius 2 is 1.56 bits per heavy atom. The summed E-state index contributed by atoms with van der Waals surface area (Å²) in [5, 5.41) is 11.1. The number of carbonyl (C=O) groups excluding carboxylic acids is 2. The topological polar surface area (TPSA) is 79.8 Å². The third-order valence-electron chi connectivity index (χ3n) is 5.49. The van der Waals surface area contributed by atoms with Crippen molar-refractivity contribution in [1.82, 2.24) is 10.7 Å². The lowest BCUT2D eigenvalue weighted by Crippen LogP contribution is -2.34. The first-order valence-corrected chi connectivity index (χ1v) is 11.4. The predicted octanol–water partition coefficient (Wildman–Crippen LogP) is 5.05.